The van der Waals surface area contributed by atoms with Gasteiger partial charge in [-0.3, -0.25) is 4.79 Å². The lowest BCUT2D eigenvalue weighted by molar-refractivity contribution is -0.115. The summed E-state index contributed by atoms with van der Waals surface area (Å²) in [6.45, 7) is 0. The number of para-hydroxylation sites is 1. The van der Waals surface area contributed by atoms with Gasteiger partial charge in [0, 0.05) is 6.42 Å². The quantitative estimate of drug-likeness (QED) is 0.582. The second-order valence-corrected chi connectivity index (χ2v) is 4.84. The van der Waals surface area contributed by atoms with Gasteiger partial charge in [0.25, 0.3) is 0 Å². The number of aromatic hydroxyl groups is 1. The van der Waals surface area contributed by atoms with Crippen molar-refractivity contribution in [3.8, 4) is 5.75 Å². The van der Waals surface area contributed by atoms with E-state index in [1.807, 2.05) is 0 Å². The fourth-order valence-corrected chi connectivity index (χ4v) is 2.28. The molecular formula is C15H17NO4. The molecule has 0 saturated carbocycles. The summed E-state index contributed by atoms with van der Waals surface area (Å²) >= 11 is 0. The van der Waals surface area contributed by atoms with E-state index in [2.05, 4.69) is 11.4 Å². The number of phenols is 1. The molecule has 1 amide bonds. The Bertz CT molecular complexity index is 563. The first kappa shape index (κ1) is 14.1. The molecule has 0 aromatic heterocycles. The van der Waals surface area contributed by atoms with Crippen molar-refractivity contribution in [1.82, 2.24) is 0 Å². The van der Waals surface area contributed by atoms with Gasteiger partial charge in [0.05, 0.1) is 5.69 Å². The standard InChI is InChI=1S/C15H17NO4/c17-13(9-10-5-2-1-3-6-10)16-12-8-4-7-11(14(12)18)15(19)20/h4-5,7-8,18H,1-3,6,9H2,(H,16,17)(H,19,20). The smallest absolute Gasteiger partial charge is 0.339 e. The molecule has 0 spiro atoms. The molecule has 5 nitrogen and oxygen atoms in total. The number of aromatic carboxylic acids is 1. The molecule has 1 aliphatic rings. The summed E-state index contributed by atoms with van der Waals surface area (Å²) < 4.78 is 0. The number of anilines is 1. The average Bonchev–Trinajstić information content (AvgIpc) is 2.42. The molecule has 5 heteroatoms. The Labute approximate surface area is 116 Å². The van der Waals surface area contributed by atoms with E-state index in [4.69, 9.17) is 5.11 Å². The number of rotatable bonds is 4. The van der Waals surface area contributed by atoms with Gasteiger partial charge in [0.1, 0.15) is 5.56 Å². The molecule has 0 bridgehead atoms. The molecule has 0 fully saturated rings. The fourth-order valence-electron chi connectivity index (χ4n) is 2.28. The summed E-state index contributed by atoms with van der Waals surface area (Å²) in [4.78, 5) is 22.8. The molecule has 3 N–H and O–H groups in total. The maximum atomic E-state index is 11.9. The molecule has 0 atom stereocenters. The normalized spacial score (nSPS) is 14.5. The molecule has 2 rings (SSSR count). The van der Waals surface area contributed by atoms with E-state index in [1.165, 1.54) is 18.2 Å². The summed E-state index contributed by atoms with van der Waals surface area (Å²) in [5.41, 5.74) is 1.01. The van der Waals surface area contributed by atoms with Crippen molar-refractivity contribution in [2.75, 3.05) is 5.32 Å². The zero-order chi connectivity index (χ0) is 14.5. The highest BCUT2D eigenvalue weighted by molar-refractivity contribution is 5.98. The summed E-state index contributed by atoms with van der Waals surface area (Å²) in [6, 6.07) is 4.25. The van der Waals surface area contributed by atoms with Gasteiger partial charge in [-0.2, -0.15) is 0 Å². The van der Waals surface area contributed by atoms with Crippen molar-refractivity contribution >= 4 is 17.6 Å². The third kappa shape index (κ3) is 3.38. The number of carbonyl (C=O) groups is 2. The highest BCUT2D eigenvalue weighted by Gasteiger charge is 2.15. The van der Waals surface area contributed by atoms with Crippen LogP contribution in [-0.2, 0) is 4.79 Å². The number of carboxylic acids is 1. The third-order valence-corrected chi connectivity index (χ3v) is 3.31. The van der Waals surface area contributed by atoms with Crippen LogP contribution in [0.15, 0.2) is 29.8 Å². The molecule has 0 aliphatic heterocycles. The lowest BCUT2D eigenvalue weighted by Crippen LogP contribution is -2.13. The number of nitrogens with one attached hydrogen (secondary N) is 1. The molecule has 0 heterocycles. The Morgan fingerprint density at radius 1 is 1.25 bits per heavy atom. The highest BCUT2D eigenvalue weighted by Crippen LogP contribution is 2.28. The minimum Gasteiger partial charge on any atom is -0.505 e. The number of benzene rings is 1. The summed E-state index contributed by atoms with van der Waals surface area (Å²) in [6.07, 6.45) is 6.55. The molecule has 0 unspecified atom stereocenters. The van der Waals surface area contributed by atoms with Gasteiger partial charge >= 0.3 is 5.97 Å². The van der Waals surface area contributed by atoms with E-state index in [9.17, 15) is 14.7 Å². The van der Waals surface area contributed by atoms with E-state index < -0.39 is 11.7 Å². The molecular weight excluding hydrogens is 258 g/mol. The van der Waals surface area contributed by atoms with Crippen molar-refractivity contribution in [3.05, 3.63) is 35.4 Å². The monoisotopic (exact) mass is 275 g/mol. The summed E-state index contributed by atoms with van der Waals surface area (Å²) in [7, 11) is 0. The van der Waals surface area contributed by atoms with Gasteiger partial charge in [-0.15, -0.1) is 0 Å². The topological polar surface area (TPSA) is 86.6 Å². The minimum absolute atomic E-state index is 0.131. The number of carbonyl (C=O) groups excluding carboxylic acids is 1. The maximum Gasteiger partial charge on any atom is 0.339 e. The second kappa shape index (κ2) is 6.23. The zero-order valence-electron chi connectivity index (χ0n) is 11.1. The van der Waals surface area contributed by atoms with E-state index >= 15 is 0 Å². The van der Waals surface area contributed by atoms with Gasteiger partial charge in [0.2, 0.25) is 5.91 Å². The molecule has 0 saturated heterocycles. The van der Waals surface area contributed by atoms with Gasteiger partial charge in [-0.25, -0.2) is 4.79 Å². The Kier molecular flexibility index (Phi) is 4.40. The Morgan fingerprint density at radius 2 is 2.05 bits per heavy atom. The lowest BCUT2D eigenvalue weighted by atomic mass is 9.97. The van der Waals surface area contributed by atoms with Crippen LogP contribution in [0.1, 0.15) is 42.5 Å². The zero-order valence-corrected chi connectivity index (χ0v) is 11.1. The molecule has 106 valence electrons. The lowest BCUT2D eigenvalue weighted by Gasteiger charge is -2.13. The van der Waals surface area contributed by atoms with E-state index in [0.717, 1.165) is 31.3 Å². The number of hydrogen-bond donors (Lipinski definition) is 3. The second-order valence-electron chi connectivity index (χ2n) is 4.84. The van der Waals surface area contributed by atoms with Gasteiger partial charge < -0.3 is 15.5 Å². The fraction of sp³-hybridized carbons (Fsp3) is 0.333. The van der Waals surface area contributed by atoms with Crippen molar-refractivity contribution < 1.29 is 19.8 Å². The number of amides is 1. The van der Waals surface area contributed by atoms with Crippen LogP contribution in [0.3, 0.4) is 0 Å². The number of allylic oxidation sites excluding steroid dienone is 1. The van der Waals surface area contributed by atoms with Gasteiger partial charge in [-0.05, 0) is 37.8 Å². The van der Waals surface area contributed by atoms with Crippen molar-refractivity contribution in [2.24, 2.45) is 0 Å². The highest BCUT2D eigenvalue weighted by atomic mass is 16.4. The predicted molar refractivity (Wildman–Crippen MR) is 74.9 cm³/mol. The first-order chi connectivity index (χ1) is 9.58. The van der Waals surface area contributed by atoms with E-state index in [-0.39, 0.29) is 23.6 Å². The first-order valence-electron chi connectivity index (χ1n) is 6.61. The van der Waals surface area contributed by atoms with Crippen molar-refractivity contribution in [1.29, 1.82) is 0 Å². The largest absolute Gasteiger partial charge is 0.505 e. The Hall–Kier alpha value is -2.30. The van der Waals surface area contributed by atoms with Crippen LogP contribution in [0.2, 0.25) is 0 Å². The van der Waals surface area contributed by atoms with Crippen LogP contribution in [0.5, 0.6) is 5.75 Å². The maximum absolute atomic E-state index is 11.9. The van der Waals surface area contributed by atoms with Crippen LogP contribution in [-0.4, -0.2) is 22.1 Å². The molecule has 0 radical (unpaired) electrons. The molecule has 1 aliphatic carbocycles. The predicted octanol–water partition coefficient (Wildman–Crippen LogP) is 2.92. The summed E-state index contributed by atoms with van der Waals surface area (Å²) in [5, 5.41) is 21.3. The first-order valence-corrected chi connectivity index (χ1v) is 6.61. The Balaban J connectivity index is 2.06. The van der Waals surface area contributed by atoms with Crippen LogP contribution in [0, 0.1) is 0 Å². The SMILES string of the molecule is O=C(CC1=CCCCC1)Nc1cccc(C(=O)O)c1O. The minimum atomic E-state index is -1.23. The summed E-state index contributed by atoms with van der Waals surface area (Å²) in [5.74, 6) is -1.88. The third-order valence-electron chi connectivity index (χ3n) is 3.31. The molecule has 1 aromatic rings. The number of carboxylic acid groups (broad SMARTS) is 1. The Morgan fingerprint density at radius 3 is 2.70 bits per heavy atom. The number of hydrogen-bond acceptors (Lipinski definition) is 3. The van der Waals surface area contributed by atoms with Gasteiger partial charge in [0.15, 0.2) is 5.75 Å². The van der Waals surface area contributed by atoms with Crippen LogP contribution >= 0.6 is 0 Å². The molecule has 1 aromatic carbocycles. The van der Waals surface area contributed by atoms with Crippen LogP contribution < -0.4 is 5.32 Å². The van der Waals surface area contributed by atoms with Crippen LogP contribution in [0.25, 0.3) is 0 Å². The average molecular weight is 275 g/mol. The van der Waals surface area contributed by atoms with Crippen LogP contribution in [0.4, 0.5) is 5.69 Å². The van der Waals surface area contributed by atoms with E-state index in [1.54, 1.807) is 0 Å². The van der Waals surface area contributed by atoms with Crippen molar-refractivity contribution in [3.63, 3.8) is 0 Å². The van der Waals surface area contributed by atoms with Gasteiger partial charge in [-0.1, -0.05) is 17.7 Å². The molecule has 20 heavy (non-hydrogen) atoms. The van der Waals surface area contributed by atoms with Crippen molar-refractivity contribution in [2.45, 2.75) is 32.1 Å². The van der Waals surface area contributed by atoms with E-state index in [0.29, 0.717) is 0 Å².